The van der Waals surface area contributed by atoms with Crippen LogP contribution in [0.4, 0.5) is 0 Å². The molecule has 3 unspecified atom stereocenters. The van der Waals surface area contributed by atoms with Crippen LogP contribution in [-0.4, -0.2) is 6.54 Å². The van der Waals surface area contributed by atoms with Crippen molar-refractivity contribution in [1.82, 2.24) is 5.32 Å². The van der Waals surface area contributed by atoms with E-state index in [-0.39, 0.29) is 0 Å². The molecule has 0 aliphatic heterocycles. The third-order valence-corrected chi connectivity index (χ3v) is 5.79. The van der Waals surface area contributed by atoms with Crippen molar-refractivity contribution in [1.29, 1.82) is 0 Å². The Hall–Kier alpha value is -0.340. The zero-order chi connectivity index (χ0) is 14.5. The Morgan fingerprint density at radius 3 is 2.50 bits per heavy atom. The van der Waals surface area contributed by atoms with E-state index >= 15 is 0 Å². The zero-order valence-electron chi connectivity index (χ0n) is 13.6. The molecule has 1 aliphatic carbocycles. The first-order valence-corrected chi connectivity index (χ1v) is 9.33. The van der Waals surface area contributed by atoms with Gasteiger partial charge in [-0.05, 0) is 73.4 Å². The molecule has 2 heteroatoms. The summed E-state index contributed by atoms with van der Waals surface area (Å²) in [4.78, 5) is 1.62. The fourth-order valence-corrected chi connectivity index (χ4v) is 5.13. The van der Waals surface area contributed by atoms with Crippen molar-refractivity contribution in [2.24, 2.45) is 17.8 Å². The number of hydrogen-bond donors (Lipinski definition) is 1. The molecule has 0 amide bonds. The lowest BCUT2D eigenvalue weighted by Gasteiger charge is -2.37. The maximum Gasteiger partial charge on any atom is 0.0446 e. The standard InChI is InChI=1S/C18H31NS/c1-5-8-19-17(18-15(6-2)7-9-20-18)16-11-13(3)10-14(4)12-16/h7,9,13-14,16-17,19H,5-6,8,10-12H2,1-4H3. The van der Waals surface area contributed by atoms with Crippen LogP contribution in [-0.2, 0) is 6.42 Å². The van der Waals surface area contributed by atoms with Crippen molar-refractivity contribution in [3.8, 4) is 0 Å². The summed E-state index contributed by atoms with van der Waals surface area (Å²) in [5, 5.41) is 6.15. The number of thiophene rings is 1. The fourth-order valence-electron chi connectivity index (χ4n) is 3.97. The number of rotatable bonds is 6. The van der Waals surface area contributed by atoms with Crippen molar-refractivity contribution in [3.63, 3.8) is 0 Å². The van der Waals surface area contributed by atoms with Gasteiger partial charge in [0.2, 0.25) is 0 Å². The molecule has 1 aromatic heterocycles. The number of nitrogens with one attached hydrogen (secondary N) is 1. The third kappa shape index (κ3) is 3.85. The van der Waals surface area contributed by atoms with Gasteiger partial charge in [0, 0.05) is 10.9 Å². The van der Waals surface area contributed by atoms with E-state index in [1.54, 1.807) is 10.4 Å². The lowest BCUT2D eigenvalue weighted by Crippen LogP contribution is -2.33. The molecule has 1 nitrogen and oxygen atoms in total. The summed E-state index contributed by atoms with van der Waals surface area (Å²) < 4.78 is 0. The van der Waals surface area contributed by atoms with Crippen LogP contribution >= 0.6 is 11.3 Å². The van der Waals surface area contributed by atoms with Gasteiger partial charge in [-0.25, -0.2) is 0 Å². The Bertz CT molecular complexity index is 388. The van der Waals surface area contributed by atoms with E-state index in [1.165, 1.54) is 32.1 Å². The minimum absolute atomic E-state index is 0.593. The summed E-state index contributed by atoms with van der Waals surface area (Å²) >= 11 is 1.97. The topological polar surface area (TPSA) is 12.0 Å². The molecule has 0 aromatic carbocycles. The highest BCUT2D eigenvalue weighted by molar-refractivity contribution is 7.10. The van der Waals surface area contributed by atoms with E-state index in [0.717, 1.165) is 24.3 Å². The van der Waals surface area contributed by atoms with E-state index in [4.69, 9.17) is 0 Å². The summed E-state index contributed by atoms with van der Waals surface area (Å²) in [5.41, 5.74) is 1.56. The van der Waals surface area contributed by atoms with Gasteiger partial charge >= 0.3 is 0 Å². The minimum Gasteiger partial charge on any atom is -0.309 e. The second-order valence-electron chi connectivity index (χ2n) is 6.77. The quantitative estimate of drug-likeness (QED) is 0.738. The van der Waals surface area contributed by atoms with Gasteiger partial charge in [0.15, 0.2) is 0 Å². The van der Waals surface area contributed by atoms with Crippen LogP contribution in [0.3, 0.4) is 0 Å². The van der Waals surface area contributed by atoms with Gasteiger partial charge in [0.05, 0.1) is 0 Å². The van der Waals surface area contributed by atoms with Crippen LogP contribution in [0.5, 0.6) is 0 Å². The molecule has 1 saturated carbocycles. The van der Waals surface area contributed by atoms with E-state index in [0.29, 0.717) is 6.04 Å². The summed E-state index contributed by atoms with van der Waals surface area (Å²) in [6.07, 6.45) is 6.60. The molecule has 0 radical (unpaired) electrons. The Morgan fingerprint density at radius 2 is 1.90 bits per heavy atom. The van der Waals surface area contributed by atoms with Crippen molar-refractivity contribution >= 4 is 11.3 Å². The molecule has 20 heavy (non-hydrogen) atoms. The third-order valence-electron chi connectivity index (χ3n) is 4.74. The van der Waals surface area contributed by atoms with Gasteiger partial charge in [-0.15, -0.1) is 11.3 Å². The number of aryl methyl sites for hydroxylation is 1. The van der Waals surface area contributed by atoms with Crippen molar-refractivity contribution in [3.05, 3.63) is 21.9 Å². The first-order chi connectivity index (χ1) is 9.65. The van der Waals surface area contributed by atoms with Gasteiger partial charge in [-0.3, -0.25) is 0 Å². The van der Waals surface area contributed by atoms with Gasteiger partial charge < -0.3 is 5.32 Å². The summed E-state index contributed by atoms with van der Waals surface area (Å²) in [7, 11) is 0. The number of hydrogen-bond acceptors (Lipinski definition) is 2. The molecule has 114 valence electrons. The molecular formula is C18H31NS. The largest absolute Gasteiger partial charge is 0.309 e. The maximum atomic E-state index is 3.87. The molecule has 2 rings (SSSR count). The molecule has 1 heterocycles. The van der Waals surface area contributed by atoms with Crippen LogP contribution in [0.25, 0.3) is 0 Å². The van der Waals surface area contributed by atoms with Crippen LogP contribution in [0.15, 0.2) is 11.4 Å². The van der Waals surface area contributed by atoms with Crippen molar-refractivity contribution in [2.45, 2.75) is 65.8 Å². The Labute approximate surface area is 129 Å². The summed E-state index contributed by atoms with van der Waals surface area (Å²) in [6, 6.07) is 2.92. The van der Waals surface area contributed by atoms with E-state index in [2.05, 4.69) is 44.5 Å². The molecule has 1 aliphatic rings. The highest BCUT2D eigenvalue weighted by Gasteiger charge is 2.32. The summed E-state index contributed by atoms with van der Waals surface area (Å²) in [5.74, 6) is 2.60. The molecule has 0 bridgehead atoms. The molecule has 3 atom stereocenters. The first kappa shape index (κ1) is 16.0. The van der Waals surface area contributed by atoms with E-state index in [9.17, 15) is 0 Å². The van der Waals surface area contributed by atoms with Gasteiger partial charge in [-0.2, -0.15) is 0 Å². The van der Waals surface area contributed by atoms with E-state index < -0.39 is 0 Å². The molecule has 1 fully saturated rings. The predicted molar refractivity (Wildman–Crippen MR) is 90.4 cm³/mol. The summed E-state index contributed by atoms with van der Waals surface area (Å²) in [6.45, 7) is 10.6. The minimum atomic E-state index is 0.593. The maximum absolute atomic E-state index is 3.87. The second-order valence-corrected chi connectivity index (χ2v) is 7.72. The lowest BCUT2D eigenvalue weighted by molar-refractivity contribution is 0.177. The predicted octanol–water partition coefficient (Wildman–Crippen LogP) is 5.42. The fraction of sp³-hybridized carbons (Fsp3) is 0.778. The van der Waals surface area contributed by atoms with Crippen LogP contribution in [0.1, 0.15) is 69.9 Å². The monoisotopic (exact) mass is 293 g/mol. The Kier molecular flexibility index (Phi) is 6.10. The molecule has 1 N–H and O–H groups in total. The van der Waals surface area contributed by atoms with Crippen molar-refractivity contribution in [2.75, 3.05) is 6.54 Å². The Balaban J connectivity index is 2.18. The first-order valence-electron chi connectivity index (χ1n) is 8.45. The Morgan fingerprint density at radius 1 is 1.20 bits per heavy atom. The van der Waals surface area contributed by atoms with Crippen LogP contribution < -0.4 is 5.32 Å². The highest BCUT2D eigenvalue weighted by atomic mass is 32.1. The van der Waals surface area contributed by atoms with E-state index in [1.807, 2.05) is 11.3 Å². The average Bonchev–Trinajstić information content (AvgIpc) is 2.86. The smallest absolute Gasteiger partial charge is 0.0446 e. The van der Waals surface area contributed by atoms with Gasteiger partial charge in [0.25, 0.3) is 0 Å². The highest BCUT2D eigenvalue weighted by Crippen LogP contribution is 2.42. The van der Waals surface area contributed by atoms with Crippen molar-refractivity contribution < 1.29 is 0 Å². The van der Waals surface area contributed by atoms with Gasteiger partial charge in [-0.1, -0.05) is 27.7 Å². The lowest BCUT2D eigenvalue weighted by atomic mass is 9.73. The normalized spacial score (nSPS) is 28.5. The molecular weight excluding hydrogens is 262 g/mol. The SMILES string of the molecule is CCCNC(c1sccc1CC)C1CC(C)CC(C)C1. The molecule has 0 spiro atoms. The van der Waals surface area contributed by atoms with Gasteiger partial charge in [0.1, 0.15) is 0 Å². The molecule has 1 aromatic rings. The molecule has 0 saturated heterocycles. The average molecular weight is 294 g/mol. The second kappa shape index (κ2) is 7.61. The zero-order valence-corrected chi connectivity index (χ0v) is 14.4. The van der Waals surface area contributed by atoms with Crippen LogP contribution in [0.2, 0.25) is 0 Å². The van der Waals surface area contributed by atoms with Crippen LogP contribution in [0, 0.1) is 17.8 Å².